The molecule has 1 aliphatic heterocycles. The van der Waals surface area contributed by atoms with E-state index in [9.17, 15) is 27.6 Å². The minimum Gasteiger partial charge on any atom is -0.353 e. The fraction of sp³-hybridized carbons (Fsp3) is 0.816. The molecule has 284 valence electrons. The largest absolute Gasteiger partial charge is 0.353 e. The lowest BCUT2D eigenvalue weighted by Crippen LogP contribution is -2.63. The van der Waals surface area contributed by atoms with E-state index in [1.165, 1.54) is 0 Å². The molecule has 3 rings (SSSR count). The molecule has 0 bridgehead atoms. The van der Waals surface area contributed by atoms with Gasteiger partial charge in [-0.1, -0.05) is 59.8 Å². The molecule has 2 aliphatic carbocycles. The van der Waals surface area contributed by atoms with E-state index in [-0.39, 0.29) is 54.4 Å². The molecule has 3 fully saturated rings. The van der Waals surface area contributed by atoms with Crippen LogP contribution in [0.3, 0.4) is 0 Å². The number of urea groups is 1. The molecule has 1 unspecified atom stereocenters. The summed E-state index contributed by atoms with van der Waals surface area (Å²) in [5.41, 5.74) is 2.55. The highest BCUT2D eigenvalue weighted by molar-refractivity contribution is 7.92. The molecule has 3 aliphatic rings. The van der Waals surface area contributed by atoms with Gasteiger partial charge in [0.1, 0.15) is 12.1 Å². The van der Waals surface area contributed by atoms with Gasteiger partial charge < -0.3 is 26.2 Å². The lowest BCUT2D eigenvalue weighted by atomic mass is 9.83. The lowest BCUT2D eigenvalue weighted by Gasteiger charge is -2.41. The summed E-state index contributed by atoms with van der Waals surface area (Å²) < 4.78 is 25.7. The smallest absolute Gasteiger partial charge is 0.315 e. The number of carbonyl (C=O) groups is 4. The summed E-state index contributed by atoms with van der Waals surface area (Å²) in [5.74, 6) is -1.06. The van der Waals surface area contributed by atoms with E-state index in [1.807, 2.05) is 40.7 Å². The summed E-state index contributed by atoms with van der Waals surface area (Å²) in [4.78, 5) is 56.6. The highest BCUT2D eigenvalue weighted by Crippen LogP contribution is 2.33. The van der Waals surface area contributed by atoms with Crippen molar-refractivity contribution < 1.29 is 27.6 Å². The normalized spacial score (nSPS) is 22.1. The average Bonchev–Trinajstić information content (AvgIpc) is 3.70. The number of unbranched alkanes of at least 4 members (excludes halogenated alkanes) is 1. The van der Waals surface area contributed by atoms with Crippen LogP contribution < -0.4 is 21.3 Å². The number of likely N-dealkylation sites (tertiary alicyclic amines) is 1. The molecule has 4 N–H and O–H groups in total. The van der Waals surface area contributed by atoms with Gasteiger partial charge in [0.2, 0.25) is 17.7 Å². The first kappa shape index (κ1) is 41.6. The molecular weight excluding hydrogens is 655 g/mol. The van der Waals surface area contributed by atoms with Gasteiger partial charge >= 0.3 is 6.03 Å². The SMILES string of the molecule is CCCC[C@@H](CC(=O)NC1CC1)NC(=O)[C@@H]1CC(C=C=C(C)C)CN1C(=O)[C@@H](NC(=O)NC1(CS(=O)(=O)C(C)(C)C)CCCCC1)C(C)(C)C. The van der Waals surface area contributed by atoms with Crippen LogP contribution in [0, 0.1) is 11.3 Å². The van der Waals surface area contributed by atoms with Crippen LogP contribution in [0.5, 0.6) is 0 Å². The molecule has 11 nitrogen and oxygen atoms in total. The van der Waals surface area contributed by atoms with Crippen molar-refractivity contribution in [1.29, 1.82) is 0 Å². The van der Waals surface area contributed by atoms with Gasteiger partial charge in [0.25, 0.3) is 0 Å². The van der Waals surface area contributed by atoms with E-state index in [1.54, 1.807) is 25.7 Å². The van der Waals surface area contributed by atoms with E-state index >= 15 is 0 Å². The summed E-state index contributed by atoms with van der Waals surface area (Å²) in [6, 6.07) is -2.51. The Kier molecular flexibility index (Phi) is 14.2. The Morgan fingerprint density at radius 2 is 1.62 bits per heavy atom. The van der Waals surface area contributed by atoms with Gasteiger partial charge in [0.15, 0.2) is 9.84 Å². The van der Waals surface area contributed by atoms with E-state index in [0.717, 1.165) is 50.5 Å². The monoisotopic (exact) mass is 719 g/mol. The lowest BCUT2D eigenvalue weighted by molar-refractivity contribution is -0.142. The number of nitrogens with one attached hydrogen (secondary N) is 4. The maximum Gasteiger partial charge on any atom is 0.315 e. The van der Waals surface area contributed by atoms with Crippen LogP contribution in [0.4, 0.5) is 4.79 Å². The third kappa shape index (κ3) is 12.1. The zero-order valence-electron chi connectivity index (χ0n) is 32.2. The quantitative estimate of drug-likeness (QED) is 0.179. The van der Waals surface area contributed by atoms with Gasteiger partial charge in [0.05, 0.1) is 16.0 Å². The van der Waals surface area contributed by atoms with Crippen LogP contribution >= 0.6 is 0 Å². The Bertz CT molecular complexity index is 1390. The standard InChI is InChI=1S/C38H65N5O6S/c1-10-11-15-29(23-31(44)39-28-18-19-28)40-33(45)30-22-27(17-16-26(2)3)24-43(30)34(46)32(36(4,5)6)41-35(47)42-38(20-13-12-14-21-38)25-50(48,49)37(7,8)9/h17,27-30,32H,10-15,18-25H2,1-9H3,(H,39,44)(H,40,45)(H2,41,42,47)/t27?,29-,30-,32+/m0/s1. The summed E-state index contributed by atoms with van der Waals surface area (Å²) in [6.07, 6.45) is 10.5. The van der Waals surface area contributed by atoms with Crippen molar-refractivity contribution in [2.75, 3.05) is 12.3 Å². The number of sulfone groups is 1. The second-order valence-corrected chi connectivity index (χ2v) is 20.1. The maximum atomic E-state index is 14.5. The van der Waals surface area contributed by atoms with Crippen molar-refractivity contribution in [3.63, 3.8) is 0 Å². The summed E-state index contributed by atoms with van der Waals surface area (Å²) in [7, 11) is -3.55. The molecule has 0 spiro atoms. The second kappa shape index (κ2) is 17.1. The van der Waals surface area contributed by atoms with Gasteiger partial charge in [-0.05, 0) is 90.2 Å². The molecule has 50 heavy (non-hydrogen) atoms. The van der Waals surface area contributed by atoms with E-state index in [4.69, 9.17) is 0 Å². The number of amides is 5. The number of nitrogens with zero attached hydrogens (tertiary/aromatic N) is 1. The molecule has 1 heterocycles. The first-order chi connectivity index (χ1) is 23.2. The fourth-order valence-corrected chi connectivity index (χ4v) is 8.34. The fourth-order valence-electron chi connectivity index (χ4n) is 6.81. The zero-order valence-corrected chi connectivity index (χ0v) is 33.0. The van der Waals surface area contributed by atoms with Crippen molar-refractivity contribution in [3.05, 3.63) is 17.4 Å². The Balaban J connectivity index is 1.86. The molecular formula is C38H65N5O6S. The predicted molar refractivity (Wildman–Crippen MR) is 198 cm³/mol. The minimum atomic E-state index is -3.55. The van der Waals surface area contributed by atoms with Gasteiger partial charge in [-0.25, -0.2) is 13.2 Å². The molecule has 0 radical (unpaired) electrons. The van der Waals surface area contributed by atoms with Crippen LogP contribution in [0.1, 0.15) is 139 Å². The topological polar surface area (TPSA) is 154 Å². The molecule has 4 atom stereocenters. The molecule has 0 aromatic rings. The number of carbonyl (C=O) groups excluding carboxylic acids is 4. The second-order valence-electron chi connectivity index (χ2n) is 17.3. The molecule has 5 amide bonds. The van der Waals surface area contributed by atoms with Crippen LogP contribution in [0.15, 0.2) is 17.4 Å². The third-order valence-corrected chi connectivity index (χ3v) is 12.9. The number of hydrogen-bond acceptors (Lipinski definition) is 6. The Hall–Kier alpha value is -2.85. The minimum absolute atomic E-state index is 0.0772. The molecule has 0 aromatic carbocycles. The van der Waals surface area contributed by atoms with Crippen molar-refractivity contribution in [2.45, 2.75) is 174 Å². The van der Waals surface area contributed by atoms with Crippen LogP contribution in [-0.4, -0.2) is 83.8 Å². The highest BCUT2D eigenvalue weighted by Gasteiger charge is 2.46. The first-order valence-electron chi connectivity index (χ1n) is 18.8. The molecule has 12 heteroatoms. The van der Waals surface area contributed by atoms with Gasteiger partial charge in [-0.15, -0.1) is 5.73 Å². The van der Waals surface area contributed by atoms with Gasteiger partial charge in [-0.2, -0.15) is 0 Å². The number of rotatable bonds is 14. The van der Waals surface area contributed by atoms with Gasteiger partial charge in [0, 0.05) is 31.0 Å². The van der Waals surface area contributed by atoms with Crippen molar-refractivity contribution in [3.8, 4) is 0 Å². The zero-order chi connectivity index (χ0) is 37.5. The Morgan fingerprint density at radius 1 is 0.980 bits per heavy atom. The van der Waals surface area contributed by atoms with Crippen LogP contribution in [-0.2, 0) is 24.2 Å². The molecule has 1 saturated heterocycles. The van der Waals surface area contributed by atoms with E-state index in [0.29, 0.717) is 25.7 Å². The maximum absolute atomic E-state index is 14.5. The molecule has 0 aromatic heterocycles. The van der Waals surface area contributed by atoms with Crippen molar-refractivity contribution in [1.82, 2.24) is 26.2 Å². The highest BCUT2D eigenvalue weighted by atomic mass is 32.2. The number of hydrogen-bond donors (Lipinski definition) is 4. The first-order valence-corrected chi connectivity index (χ1v) is 20.4. The average molecular weight is 720 g/mol. The van der Waals surface area contributed by atoms with Crippen LogP contribution in [0.2, 0.25) is 0 Å². The van der Waals surface area contributed by atoms with Crippen molar-refractivity contribution >= 4 is 33.6 Å². The summed E-state index contributed by atoms with van der Waals surface area (Å²) >= 11 is 0. The van der Waals surface area contributed by atoms with Crippen LogP contribution in [0.25, 0.3) is 0 Å². The predicted octanol–water partition coefficient (Wildman–Crippen LogP) is 5.30. The summed E-state index contributed by atoms with van der Waals surface area (Å²) in [5, 5.41) is 12.1. The molecule has 2 saturated carbocycles. The Morgan fingerprint density at radius 3 is 2.16 bits per heavy atom. The van der Waals surface area contributed by atoms with Gasteiger partial charge in [-0.3, -0.25) is 14.4 Å². The Labute approximate surface area is 301 Å². The van der Waals surface area contributed by atoms with E-state index in [2.05, 4.69) is 33.9 Å². The van der Waals surface area contributed by atoms with Crippen molar-refractivity contribution in [2.24, 2.45) is 11.3 Å². The third-order valence-electron chi connectivity index (χ3n) is 10.1. The van der Waals surface area contributed by atoms with E-state index < -0.39 is 43.7 Å². The summed E-state index contributed by atoms with van der Waals surface area (Å²) in [6.45, 7) is 16.8.